The number of hydrogen-bond acceptors (Lipinski definition) is 4. The molecular formula is C24H18ClF3N4O2. The van der Waals surface area contributed by atoms with Gasteiger partial charge in [0.1, 0.15) is 0 Å². The van der Waals surface area contributed by atoms with E-state index in [1.165, 1.54) is 10.9 Å². The fourth-order valence-electron chi connectivity index (χ4n) is 3.35. The van der Waals surface area contributed by atoms with Gasteiger partial charge in [0.2, 0.25) is 0 Å². The summed E-state index contributed by atoms with van der Waals surface area (Å²) in [6.45, 7) is 1.85. The fraction of sp³-hybridized carbons (Fsp3) is 0.125. The molecule has 1 aromatic heterocycles. The average molecular weight is 487 g/mol. The summed E-state index contributed by atoms with van der Waals surface area (Å²) in [5.41, 5.74) is 1.57. The van der Waals surface area contributed by atoms with Crippen molar-refractivity contribution in [3.63, 3.8) is 0 Å². The van der Waals surface area contributed by atoms with E-state index in [0.717, 1.165) is 17.7 Å². The normalized spacial score (nSPS) is 11.5. The van der Waals surface area contributed by atoms with Crippen LogP contribution in [0.2, 0.25) is 5.02 Å². The largest absolute Gasteiger partial charge is 0.416 e. The molecule has 0 aliphatic heterocycles. The molecule has 0 atom stereocenters. The molecule has 1 amide bonds. The number of carbonyl (C=O) groups is 1. The molecule has 3 aromatic carbocycles. The van der Waals surface area contributed by atoms with Crippen LogP contribution in [0.25, 0.3) is 10.9 Å². The number of benzene rings is 3. The highest BCUT2D eigenvalue weighted by Gasteiger charge is 2.31. The number of halogens is 4. The third-order valence-corrected chi connectivity index (χ3v) is 5.56. The SMILES string of the molecule is Cc1ccc(NC(=O)c2cc(C(F)(F)F)ccc2Cl)cc1Nc1ccc2ncn(C)c(=O)c2c1. The predicted octanol–water partition coefficient (Wildman–Crippen LogP) is 5.91. The summed E-state index contributed by atoms with van der Waals surface area (Å²) in [6, 6.07) is 12.7. The Morgan fingerprint density at radius 3 is 2.50 bits per heavy atom. The number of aryl methyl sites for hydroxylation is 2. The summed E-state index contributed by atoms with van der Waals surface area (Å²) in [4.78, 5) is 29.3. The van der Waals surface area contributed by atoms with E-state index < -0.39 is 17.6 Å². The Hall–Kier alpha value is -3.85. The lowest BCUT2D eigenvalue weighted by Gasteiger charge is -2.14. The number of carbonyl (C=O) groups excluding carboxylic acids is 1. The van der Waals surface area contributed by atoms with Crippen molar-refractivity contribution < 1.29 is 18.0 Å². The minimum Gasteiger partial charge on any atom is -0.355 e. The third kappa shape index (κ3) is 4.74. The summed E-state index contributed by atoms with van der Waals surface area (Å²) in [7, 11) is 1.61. The summed E-state index contributed by atoms with van der Waals surface area (Å²) in [6.07, 6.45) is -3.15. The number of nitrogens with zero attached hydrogens (tertiary/aromatic N) is 2. The van der Waals surface area contributed by atoms with E-state index in [0.29, 0.717) is 34.0 Å². The highest BCUT2D eigenvalue weighted by molar-refractivity contribution is 6.34. The van der Waals surface area contributed by atoms with Gasteiger partial charge < -0.3 is 15.2 Å². The molecule has 0 radical (unpaired) electrons. The molecule has 2 N–H and O–H groups in total. The minimum absolute atomic E-state index is 0.0951. The smallest absolute Gasteiger partial charge is 0.355 e. The average Bonchev–Trinajstić information content (AvgIpc) is 2.78. The van der Waals surface area contributed by atoms with Crippen LogP contribution in [0.1, 0.15) is 21.5 Å². The van der Waals surface area contributed by atoms with Crippen LogP contribution in [-0.4, -0.2) is 15.5 Å². The zero-order valence-corrected chi connectivity index (χ0v) is 18.8. The van der Waals surface area contributed by atoms with Gasteiger partial charge in [0.25, 0.3) is 11.5 Å². The number of rotatable bonds is 4. The Labute approximate surface area is 197 Å². The van der Waals surface area contributed by atoms with Crippen LogP contribution in [0.4, 0.5) is 30.2 Å². The van der Waals surface area contributed by atoms with Crippen LogP contribution in [0.3, 0.4) is 0 Å². The molecule has 0 aliphatic carbocycles. The number of amides is 1. The predicted molar refractivity (Wildman–Crippen MR) is 126 cm³/mol. The van der Waals surface area contributed by atoms with Gasteiger partial charge in [0.05, 0.1) is 33.4 Å². The van der Waals surface area contributed by atoms with Crippen LogP contribution in [0.15, 0.2) is 65.7 Å². The molecule has 0 spiro atoms. The molecule has 174 valence electrons. The number of hydrogen-bond donors (Lipinski definition) is 2. The molecule has 0 unspecified atom stereocenters. The van der Waals surface area contributed by atoms with Crippen LogP contribution in [0, 0.1) is 6.92 Å². The first-order valence-corrected chi connectivity index (χ1v) is 10.4. The molecule has 10 heteroatoms. The van der Waals surface area contributed by atoms with E-state index in [2.05, 4.69) is 15.6 Å². The second-order valence-corrected chi connectivity index (χ2v) is 8.10. The van der Waals surface area contributed by atoms with E-state index in [9.17, 15) is 22.8 Å². The maximum atomic E-state index is 13.0. The Balaban J connectivity index is 1.61. The number of nitrogens with one attached hydrogen (secondary N) is 2. The molecule has 0 aliphatic rings. The molecule has 4 rings (SSSR count). The lowest BCUT2D eigenvalue weighted by Crippen LogP contribution is -2.16. The quantitative estimate of drug-likeness (QED) is 0.376. The van der Waals surface area contributed by atoms with Gasteiger partial charge in [0, 0.05) is 24.1 Å². The summed E-state index contributed by atoms with van der Waals surface area (Å²) < 4.78 is 40.5. The van der Waals surface area contributed by atoms with Crippen LogP contribution < -0.4 is 16.2 Å². The van der Waals surface area contributed by atoms with Crippen molar-refractivity contribution in [1.82, 2.24) is 9.55 Å². The van der Waals surface area contributed by atoms with Crippen LogP contribution >= 0.6 is 11.6 Å². The van der Waals surface area contributed by atoms with Crippen LogP contribution in [-0.2, 0) is 13.2 Å². The van der Waals surface area contributed by atoms with Crippen molar-refractivity contribution in [1.29, 1.82) is 0 Å². The first kappa shape index (κ1) is 23.3. The molecule has 0 saturated heterocycles. The maximum Gasteiger partial charge on any atom is 0.416 e. The second kappa shape index (κ2) is 8.83. The van der Waals surface area contributed by atoms with Gasteiger partial charge in [-0.1, -0.05) is 17.7 Å². The highest BCUT2D eigenvalue weighted by Crippen LogP contribution is 2.32. The van der Waals surface area contributed by atoms with Crippen molar-refractivity contribution in [2.75, 3.05) is 10.6 Å². The lowest BCUT2D eigenvalue weighted by atomic mass is 10.1. The number of fused-ring (bicyclic) bond motifs is 1. The molecule has 34 heavy (non-hydrogen) atoms. The Morgan fingerprint density at radius 2 is 1.76 bits per heavy atom. The van der Waals surface area contributed by atoms with E-state index in [1.807, 2.05) is 6.92 Å². The lowest BCUT2D eigenvalue weighted by molar-refractivity contribution is -0.137. The van der Waals surface area contributed by atoms with Gasteiger partial charge in [-0.15, -0.1) is 0 Å². The van der Waals surface area contributed by atoms with E-state index in [1.54, 1.807) is 43.4 Å². The number of alkyl halides is 3. The van der Waals surface area contributed by atoms with Crippen molar-refractivity contribution in [3.05, 3.63) is 93.0 Å². The zero-order valence-electron chi connectivity index (χ0n) is 18.0. The summed E-state index contributed by atoms with van der Waals surface area (Å²) in [5.74, 6) is -0.772. The molecule has 4 aromatic rings. The molecule has 6 nitrogen and oxygen atoms in total. The van der Waals surface area contributed by atoms with E-state index in [4.69, 9.17) is 11.6 Å². The molecule has 0 fully saturated rings. The van der Waals surface area contributed by atoms with Crippen molar-refractivity contribution >= 4 is 45.5 Å². The monoisotopic (exact) mass is 486 g/mol. The van der Waals surface area contributed by atoms with Crippen LogP contribution in [0.5, 0.6) is 0 Å². The number of anilines is 3. The first-order valence-electron chi connectivity index (χ1n) is 10.0. The first-order chi connectivity index (χ1) is 16.0. The second-order valence-electron chi connectivity index (χ2n) is 7.69. The van der Waals surface area contributed by atoms with Crippen molar-refractivity contribution in [3.8, 4) is 0 Å². The summed E-state index contributed by atoms with van der Waals surface area (Å²) in [5, 5.41) is 6.13. The molecule has 1 heterocycles. The Morgan fingerprint density at radius 1 is 1.03 bits per heavy atom. The van der Waals surface area contributed by atoms with Crippen molar-refractivity contribution in [2.24, 2.45) is 7.05 Å². The fourth-order valence-corrected chi connectivity index (χ4v) is 3.56. The molecule has 0 saturated carbocycles. The molecule has 0 bridgehead atoms. The number of aromatic nitrogens is 2. The summed E-state index contributed by atoms with van der Waals surface area (Å²) >= 11 is 5.97. The maximum absolute atomic E-state index is 13.0. The van der Waals surface area contributed by atoms with Crippen molar-refractivity contribution in [2.45, 2.75) is 13.1 Å². The third-order valence-electron chi connectivity index (χ3n) is 5.23. The van der Waals surface area contributed by atoms with Gasteiger partial charge in [0.15, 0.2) is 0 Å². The highest BCUT2D eigenvalue weighted by atomic mass is 35.5. The standard InChI is InChI=1S/C24H18ClF3N4O2/c1-13-3-5-16(31-22(33)17-9-14(24(26,27)28)4-7-19(17)25)11-21(13)30-15-6-8-20-18(10-15)23(34)32(2)12-29-20/h3-12,30H,1-2H3,(H,31,33). The van der Waals surface area contributed by atoms with Gasteiger partial charge in [-0.3, -0.25) is 9.59 Å². The van der Waals surface area contributed by atoms with Gasteiger partial charge >= 0.3 is 6.18 Å². The van der Waals surface area contributed by atoms with Gasteiger partial charge in [-0.25, -0.2) is 4.98 Å². The van der Waals surface area contributed by atoms with Gasteiger partial charge in [-0.2, -0.15) is 13.2 Å². The van der Waals surface area contributed by atoms with E-state index >= 15 is 0 Å². The topological polar surface area (TPSA) is 76.0 Å². The zero-order chi connectivity index (χ0) is 24.6. The van der Waals surface area contributed by atoms with Gasteiger partial charge in [-0.05, 0) is 61.0 Å². The Kier molecular flexibility index (Phi) is 6.05. The Bertz CT molecular complexity index is 1480. The minimum atomic E-state index is -4.60. The van der Waals surface area contributed by atoms with E-state index in [-0.39, 0.29) is 16.1 Å². The molecular weight excluding hydrogens is 469 g/mol.